The third kappa shape index (κ3) is 2.71. The molecule has 19 heavy (non-hydrogen) atoms. The van der Waals surface area contributed by atoms with Crippen LogP contribution in [0.5, 0.6) is 0 Å². The third-order valence-electron chi connectivity index (χ3n) is 4.18. The highest BCUT2D eigenvalue weighted by Crippen LogP contribution is 2.31. The van der Waals surface area contributed by atoms with Crippen molar-refractivity contribution < 1.29 is 9.18 Å². The fourth-order valence-electron chi connectivity index (χ4n) is 2.67. The summed E-state index contributed by atoms with van der Waals surface area (Å²) in [5.41, 5.74) is 2.54. The monoisotopic (exact) mass is 265 g/mol. The van der Waals surface area contributed by atoms with Gasteiger partial charge in [-0.1, -0.05) is 19.9 Å². The maximum atomic E-state index is 13.5. The lowest BCUT2D eigenvalue weighted by Crippen LogP contribution is -2.37. The van der Waals surface area contributed by atoms with Gasteiger partial charge in [0.15, 0.2) is 0 Å². The molecule has 1 amide bonds. The van der Waals surface area contributed by atoms with Crippen LogP contribution < -0.4 is 16.6 Å². The molecule has 1 saturated carbocycles. The fourth-order valence-corrected chi connectivity index (χ4v) is 2.67. The topological polar surface area (TPSA) is 67.2 Å². The summed E-state index contributed by atoms with van der Waals surface area (Å²) in [7, 11) is 0. The van der Waals surface area contributed by atoms with Gasteiger partial charge in [-0.2, -0.15) is 0 Å². The van der Waals surface area contributed by atoms with Crippen LogP contribution in [0, 0.1) is 17.7 Å². The number of para-hydroxylation sites is 1. The normalized spacial score (nSPS) is 26.2. The van der Waals surface area contributed by atoms with Crippen molar-refractivity contribution in [1.82, 2.24) is 5.32 Å². The molecule has 0 heterocycles. The van der Waals surface area contributed by atoms with Crippen LogP contribution >= 0.6 is 0 Å². The van der Waals surface area contributed by atoms with Crippen LogP contribution in [0.3, 0.4) is 0 Å². The molecule has 3 atom stereocenters. The van der Waals surface area contributed by atoms with Crippen LogP contribution in [-0.2, 0) is 0 Å². The minimum atomic E-state index is -0.525. The van der Waals surface area contributed by atoms with Crippen molar-refractivity contribution >= 4 is 11.6 Å². The molecule has 1 aliphatic rings. The minimum Gasteiger partial charge on any atom is -0.349 e. The average Bonchev–Trinajstić information content (AvgIpc) is 2.70. The van der Waals surface area contributed by atoms with Gasteiger partial charge < -0.3 is 10.7 Å². The van der Waals surface area contributed by atoms with Crippen LogP contribution in [0.2, 0.25) is 0 Å². The number of halogens is 1. The van der Waals surface area contributed by atoms with E-state index < -0.39 is 5.82 Å². The summed E-state index contributed by atoms with van der Waals surface area (Å²) < 4.78 is 13.5. The second kappa shape index (κ2) is 5.57. The summed E-state index contributed by atoms with van der Waals surface area (Å²) in [5.74, 6) is 5.51. The summed E-state index contributed by atoms with van der Waals surface area (Å²) in [6.07, 6.45) is 2.08. The first kappa shape index (κ1) is 13.8. The Morgan fingerprint density at radius 3 is 2.68 bits per heavy atom. The summed E-state index contributed by atoms with van der Waals surface area (Å²) >= 11 is 0. The first-order valence-electron chi connectivity index (χ1n) is 6.60. The molecule has 0 spiro atoms. The molecule has 0 aliphatic heterocycles. The fraction of sp³-hybridized carbons (Fsp3) is 0.500. The SMILES string of the molecule is CC1CCC(NC(=O)c2cccc(F)c2NN)C1C. The van der Waals surface area contributed by atoms with Gasteiger partial charge in [0.1, 0.15) is 5.82 Å². The molecule has 1 aromatic carbocycles. The van der Waals surface area contributed by atoms with Crippen molar-refractivity contribution in [3.05, 3.63) is 29.6 Å². The molecule has 1 aliphatic carbocycles. The van der Waals surface area contributed by atoms with Crippen LogP contribution in [0.25, 0.3) is 0 Å². The lowest BCUT2D eigenvalue weighted by molar-refractivity contribution is 0.0928. The average molecular weight is 265 g/mol. The second-order valence-corrected chi connectivity index (χ2v) is 5.30. The van der Waals surface area contributed by atoms with Crippen molar-refractivity contribution in [2.24, 2.45) is 17.7 Å². The van der Waals surface area contributed by atoms with Gasteiger partial charge in [0.05, 0.1) is 11.3 Å². The Morgan fingerprint density at radius 1 is 1.37 bits per heavy atom. The number of hydrazine groups is 1. The number of rotatable bonds is 3. The Morgan fingerprint density at radius 2 is 2.11 bits per heavy atom. The van der Waals surface area contributed by atoms with Crippen molar-refractivity contribution in [3.63, 3.8) is 0 Å². The van der Waals surface area contributed by atoms with Gasteiger partial charge in [-0.05, 0) is 36.8 Å². The van der Waals surface area contributed by atoms with Gasteiger partial charge in [-0.25, -0.2) is 4.39 Å². The number of carbonyl (C=O) groups is 1. The number of hydrogen-bond acceptors (Lipinski definition) is 3. The summed E-state index contributed by atoms with van der Waals surface area (Å²) in [6.45, 7) is 4.32. The number of hydrogen-bond donors (Lipinski definition) is 3. The van der Waals surface area contributed by atoms with E-state index in [1.807, 2.05) is 0 Å². The van der Waals surface area contributed by atoms with Crippen LogP contribution in [0.4, 0.5) is 10.1 Å². The zero-order valence-electron chi connectivity index (χ0n) is 11.2. The Kier molecular flexibility index (Phi) is 4.04. The number of nitrogen functional groups attached to an aromatic ring is 1. The molecule has 4 nitrogen and oxygen atoms in total. The highest BCUT2D eigenvalue weighted by Gasteiger charge is 2.31. The van der Waals surface area contributed by atoms with E-state index >= 15 is 0 Å². The highest BCUT2D eigenvalue weighted by atomic mass is 19.1. The zero-order valence-corrected chi connectivity index (χ0v) is 11.2. The minimum absolute atomic E-state index is 0.0405. The van der Waals surface area contributed by atoms with Gasteiger partial charge >= 0.3 is 0 Å². The predicted octanol–water partition coefficient (Wildman–Crippen LogP) is 2.28. The van der Waals surface area contributed by atoms with Crippen molar-refractivity contribution in [2.45, 2.75) is 32.7 Å². The van der Waals surface area contributed by atoms with E-state index in [1.165, 1.54) is 12.1 Å². The molecule has 1 aromatic rings. The van der Waals surface area contributed by atoms with E-state index in [0.717, 1.165) is 12.8 Å². The molecule has 5 heteroatoms. The number of anilines is 1. The molecule has 104 valence electrons. The van der Waals surface area contributed by atoms with E-state index in [9.17, 15) is 9.18 Å². The molecular weight excluding hydrogens is 245 g/mol. The second-order valence-electron chi connectivity index (χ2n) is 5.30. The van der Waals surface area contributed by atoms with Gasteiger partial charge in [0.25, 0.3) is 5.91 Å². The number of nitrogens with one attached hydrogen (secondary N) is 2. The molecule has 3 unspecified atom stereocenters. The summed E-state index contributed by atoms with van der Waals surface area (Å²) in [5, 5.41) is 2.98. The standard InChI is InChI=1S/C14H20FN3O/c1-8-6-7-12(9(8)2)17-14(19)10-4-3-5-11(15)13(10)18-16/h3-5,8-9,12,18H,6-7,16H2,1-2H3,(H,17,19). The zero-order chi connectivity index (χ0) is 14.0. The Hall–Kier alpha value is -1.62. The number of amides is 1. The lowest BCUT2D eigenvalue weighted by atomic mass is 9.97. The first-order valence-corrected chi connectivity index (χ1v) is 6.60. The summed E-state index contributed by atoms with van der Waals surface area (Å²) in [4.78, 5) is 12.2. The van der Waals surface area contributed by atoms with E-state index in [-0.39, 0.29) is 23.2 Å². The third-order valence-corrected chi connectivity index (χ3v) is 4.18. The van der Waals surface area contributed by atoms with E-state index in [2.05, 4.69) is 24.6 Å². The molecule has 0 radical (unpaired) electrons. The molecule has 4 N–H and O–H groups in total. The largest absolute Gasteiger partial charge is 0.349 e. The predicted molar refractivity (Wildman–Crippen MR) is 73.0 cm³/mol. The number of benzene rings is 1. The van der Waals surface area contributed by atoms with Crippen molar-refractivity contribution in [3.8, 4) is 0 Å². The number of carbonyl (C=O) groups excluding carboxylic acids is 1. The van der Waals surface area contributed by atoms with E-state index in [1.54, 1.807) is 6.07 Å². The van der Waals surface area contributed by atoms with Crippen LogP contribution in [0.15, 0.2) is 18.2 Å². The van der Waals surface area contributed by atoms with Gasteiger partial charge in [-0.15, -0.1) is 0 Å². The Balaban J connectivity index is 2.15. The summed E-state index contributed by atoms with van der Waals surface area (Å²) in [6, 6.07) is 4.49. The smallest absolute Gasteiger partial charge is 0.253 e. The maximum absolute atomic E-state index is 13.5. The molecule has 0 aromatic heterocycles. The highest BCUT2D eigenvalue weighted by molar-refractivity contribution is 5.99. The lowest BCUT2D eigenvalue weighted by Gasteiger charge is -2.20. The number of nitrogens with two attached hydrogens (primary N) is 1. The Bertz CT molecular complexity index is 478. The van der Waals surface area contributed by atoms with E-state index in [0.29, 0.717) is 11.8 Å². The van der Waals surface area contributed by atoms with Crippen molar-refractivity contribution in [2.75, 3.05) is 5.43 Å². The first-order chi connectivity index (χ1) is 9.04. The van der Waals surface area contributed by atoms with Crippen LogP contribution in [0.1, 0.15) is 37.0 Å². The Labute approximate surface area is 112 Å². The molecule has 0 saturated heterocycles. The van der Waals surface area contributed by atoms with Crippen molar-refractivity contribution in [1.29, 1.82) is 0 Å². The molecule has 0 bridgehead atoms. The molecular formula is C14H20FN3O. The van der Waals surface area contributed by atoms with Crippen LogP contribution in [-0.4, -0.2) is 11.9 Å². The van der Waals surface area contributed by atoms with E-state index in [4.69, 9.17) is 5.84 Å². The molecule has 2 rings (SSSR count). The van der Waals surface area contributed by atoms with Gasteiger partial charge in [-0.3, -0.25) is 10.6 Å². The molecule has 1 fully saturated rings. The quantitative estimate of drug-likeness (QED) is 0.580. The van der Waals surface area contributed by atoms with Gasteiger partial charge in [0.2, 0.25) is 0 Å². The van der Waals surface area contributed by atoms with Gasteiger partial charge in [0, 0.05) is 6.04 Å². The maximum Gasteiger partial charge on any atom is 0.253 e.